The Balaban J connectivity index is 1.54. The molecule has 1 aromatic heterocycles. The molecule has 0 saturated heterocycles. The first-order valence-electron chi connectivity index (χ1n) is 8.24. The predicted molar refractivity (Wildman–Crippen MR) is 85.2 cm³/mol. The van der Waals surface area contributed by atoms with Crippen LogP contribution in [0.1, 0.15) is 43.4 Å². The summed E-state index contributed by atoms with van der Waals surface area (Å²) in [5.41, 5.74) is 1.73. The molecule has 3 rings (SSSR count). The zero-order chi connectivity index (χ0) is 14.9. The maximum atomic E-state index is 5.66. The molecule has 0 aliphatic heterocycles. The Kier molecular flexibility index (Phi) is 4.38. The third-order valence-corrected chi connectivity index (χ3v) is 5.20. The molecule has 0 amide bonds. The van der Waals surface area contributed by atoms with Crippen molar-refractivity contribution in [3.05, 3.63) is 23.7 Å². The Bertz CT molecular complexity index is 460. The van der Waals surface area contributed by atoms with E-state index in [2.05, 4.69) is 42.3 Å². The van der Waals surface area contributed by atoms with E-state index in [-0.39, 0.29) is 0 Å². The number of hydrogen-bond acceptors (Lipinski definition) is 4. The molecule has 21 heavy (non-hydrogen) atoms. The molecule has 0 unspecified atom stereocenters. The van der Waals surface area contributed by atoms with Crippen LogP contribution < -0.4 is 5.32 Å². The summed E-state index contributed by atoms with van der Waals surface area (Å²) in [4.78, 5) is 4.86. The summed E-state index contributed by atoms with van der Waals surface area (Å²) >= 11 is 0. The Hall–Kier alpha value is -0.840. The minimum absolute atomic E-state index is 0.394. The van der Waals surface area contributed by atoms with Crippen molar-refractivity contribution in [2.75, 3.05) is 27.7 Å². The molecule has 1 heterocycles. The first kappa shape index (κ1) is 15.1. The number of furan rings is 1. The second-order valence-electron chi connectivity index (χ2n) is 7.17. The van der Waals surface area contributed by atoms with Crippen molar-refractivity contribution < 1.29 is 4.42 Å². The second kappa shape index (κ2) is 6.11. The lowest BCUT2D eigenvalue weighted by molar-refractivity contribution is 0.0257. The molecule has 0 bridgehead atoms. The molecule has 2 fully saturated rings. The lowest BCUT2D eigenvalue weighted by Gasteiger charge is -2.49. The van der Waals surface area contributed by atoms with Crippen LogP contribution in [0.5, 0.6) is 0 Å². The third kappa shape index (κ3) is 3.50. The molecule has 0 atom stereocenters. The van der Waals surface area contributed by atoms with Gasteiger partial charge in [0, 0.05) is 30.2 Å². The highest BCUT2D eigenvalue weighted by Crippen LogP contribution is 2.36. The van der Waals surface area contributed by atoms with Gasteiger partial charge in [-0.05, 0) is 59.3 Å². The molecular formula is C17H29N3O. The van der Waals surface area contributed by atoms with E-state index in [0.29, 0.717) is 5.54 Å². The van der Waals surface area contributed by atoms with E-state index in [1.54, 1.807) is 0 Å². The van der Waals surface area contributed by atoms with Crippen LogP contribution in [0, 0.1) is 0 Å². The number of nitrogens with zero attached hydrogens (tertiary/aromatic N) is 2. The molecule has 0 radical (unpaired) electrons. The van der Waals surface area contributed by atoms with Gasteiger partial charge in [-0.25, -0.2) is 0 Å². The molecule has 4 nitrogen and oxygen atoms in total. The van der Waals surface area contributed by atoms with Gasteiger partial charge >= 0.3 is 0 Å². The molecular weight excluding hydrogens is 262 g/mol. The number of rotatable bonds is 8. The van der Waals surface area contributed by atoms with E-state index in [1.807, 2.05) is 6.26 Å². The lowest BCUT2D eigenvalue weighted by atomic mass is 9.75. The van der Waals surface area contributed by atoms with E-state index in [0.717, 1.165) is 31.4 Å². The third-order valence-electron chi connectivity index (χ3n) is 5.20. The van der Waals surface area contributed by atoms with E-state index in [4.69, 9.17) is 4.42 Å². The quantitative estimate of drug-likeness (QED) is 0.797. The van der Waals surface area contributed by atoms with Gasteiger partial charge < -0.3 is 19.5 Å². The van der Waals surface area contributed by atoms with Gasteiger partial charge in [0.15, 0.2) is 0 Å². The summed E-state index contributed by atoms with van der Waals surface area (Å²) in [6.45, 7) is 2.99. The highest BCUT2D eigenvalue weighted by atomic mass is 16.3. The SMILES string of the molecule is CN(Cc1ccoc1CNC1CC1)CC1(N(C)C)CCC1. The summed E-state index contributed by atoms with van der Waals surface area (Å²) < 4.78 is 5.66. The number of nitrogens with one attached hydrogen (secondary N) is 1. The molecule has 2 aliphatic rings. The number of likely N-dealkylation sites (N-methyl/N-ethyl adjacent to an activating group) is 2. The standard InChI is InChI=1S/C17H29N3O/c1-19(2)17(8-4-9-17)13-20(3)12-14-7-10-21-16(14)11-18-15-5-6-15/h7,10,15,18H,4-6,8-9,11-13H2,1-3H3. The van der Waals surface area contributed by atoms with Crippen LogP contribution >= 0.6 is 0 Å². The molecule has 0 spiro atoms. The highest BCUT2D eigenvalue weighted by molar-refractivity contribution is 5.17. The zero-order valence-electron chi connectivity index (χ0n) is 13.7. The van der Waals surface area contributed by atoms with Gasteiger partial charge in [-0.2, -0.15) is 0 Å². The van der Waals surface area contributed by atoms with Crippen LogP contribution in [0.2, 0.25) is 0 Å². The first-order chi connectivity index (χ1) is 10.1. The Morgan fingerprint density at radius 3 is 2.62 bits per heavy atom. The fourth-order valence-electron chi connectivity index (χ4n) is 3.37. The van der Waals surface area contributed by atoms with Crippen molar-refractivity contribution in [3.63, 3.8) is 0 Å². The van der Waals surface area contributed by atoms with Gasteiger partial charge in [0.2, 0.25) is 0 Å². The maximum absolute atomic E-state index is 5.66. The molecule has 4 heteroatoms. The van der Waals surface area contributed by atoms with Gasteiger partial charge in [-0.15, -0.1) is 0 Å². The van der Waals surface area contributed by atoms with Crippen LogP contribution in [-0.2, 0) is 13.1 Å². The van der Waals surface area contributed by atoms with Crippen LogP contribution in [0.4, 0.5) is 0 Å². The largest absolute Gasteiger partial charge is 0.468 e. The van der Waals surface area contributed by atoms with E-state index in [1.165, 1.54) is 37.7 Å². The van der Waals surface area contributed by atoms with Crippen LogP contribution in [0.25, 0.3) is 0 Å². The van der Waals surface area contributed by atoms with Crippen molar-refractivity contribution in [2.24, 2.45) is 0 Å². The summed E-state index contributed by atoms with van der Waals surface area (Å²) in [5.74, 6) is 1.11. The molecule has 118 valence electrons. The lowest BCUT2D eigenvalue weighted by Crippen LogP contribution is -2.56. The smallest absolute Gasteiger partial charge is 0.122 e. The average molecular weight is 291 g/mol. The minimum atomic E-state index is 0.394. The van der Waals surface area contributed by atoms with E-state index >= 15 is 0 Å². The molecule has 2 aliphatic carbocycles. The van der Waals surface area contributed by atoms with Crippen molar-refractivity contribution >= 4 is 0 Å². The maximum Gasteiger partial charge on any atom is 0.122 e. The van der Waals surface area contributed by atoms with Crippen molar-refractivity contribution in [1.29, 1.82) is 0 Å². The van der Waals surface area contributed by atoms with Crippen LogP contribution in [0.15, 0.2) is 16.7 Å². The fraction of sp³-hybridized carbons (Fsp3) is 0.765. The van der Waals surface area contributed by atoms with Gasteiger partial charge in [-0.1, -0.05) is 0 Å². The monoisotopic (exact) mass is 291 g/mol. The van der Waals surface area contributed by atoms with Crippen molar-refractivity contribution in [3.8, 4) is 0 Å². The topological polar surface area (TPSA) is 31.7 Å². The zero-order valence-corrected chi connectivity index (χ0v) is 13.7. The molecule has 1 aromatic rings. The van der Waals surface area contributed by atoms with E-state index in [9.17, 15) is 0 Å². The van der Waals surface area contributed by atoms with Crippen molar-refractivity contribution in [1.82, 2.24) is 15.1 Å². The first-order valence-corrected chi connectivity index (χ1v) is 8.24. The molecule has 0 aromatic carbocycles. The highest BCUT2D eigenvalue weighted by Gasteiger charge is 2.39. The van der Waals surface area contributed by atoms with Gasteiger partial charge in [0.1, 0.15) is 5.76 Å². The Morgan fingerprint density at radius 1 is 1.29 bits per heavy atom. The fourth-order valence-corrected chi connectivity index (χ4v) is 3.37. The summed E-state index contributed by atoms with van der Waals surface area (Å²) in [6.07, 6.45) is 8.49. The van der Waals surface area contributed by atoms with E-state index < -0.39 is 0 Å². The summed E-state index contributed by atoms with van der Waals surface area (Å²) in [5, 5.41) is 3.54. The van der Waals surface area contributed by atoms with Crippen molar-refractivity contribution in [2.45, 2.75) is 56.8 Å². The van der Waals surface area contributed by atoms with Crippen LogP contribution in [-0.4, -0.2) is 49.1 Å². The Morgan fingerprint density at radius 2 is 2.05 bits per heavy atom. The molecule has 1 N–H and O–H groups in total. The number of hydrogen-bond donors (Lipinski definition) is 1. The summed E-state index contributed by atoms with van der Waals surface area (Å²) in [6, 6.07) is 2.86. The minimum Gasteiger partial charge on any atom is -0.468 e. The van der Waals surface area contributed by atoms with Crippen LogP contribution in [0.3, 0.4) is 0 Å². The Labute approximate surface area is 128 Å². The average Bonchev–Trinajstić information content (AvgIpc) is 3.12. The summed E-state index contributed by atoms with van der Waals surface area (Å²) in [7, 11) is 6.67. The predicted octanol–water partition coefficient (Wildman–Crippen LogP) is 2.45. The van der Waals surface area contributed by atoms with Gasteiger partial charge in [0.05, 0.1) is 12.8 Å². The van der Waals surface area contributed by atoms with Gasteiger partial charge in [0.25, 0.3) is 0 Å². The molecule has 2 saturated carbocycles. The van der Waals surface area contributed by atoms with Gasteiger partial charge in [-0.3, -0.25) is 0 Å². The normalized spacial score (nSPS) is 21.0. The second-order valence-corrected chi connectivity index (χ2v) is 7.17.